The van der Waals surface area contributed by atoms with E-state index in [-0.39, 0.29) is 45.6 Å². The normalized spacial score (nSPS) is 34.0. The van der Waals surface area contributed by atoms with Crippen LogP contribution in [0.15, 0.2) is 60.7 Å². The minimum Gasteiger partial charge on any atom is -0.290 e. The molecule has 0 saturated heterocycles. The lowest BCUT2D eigenvalue weighted by Gasteiger charge is -2.54. The molecule has 274 valence electrons. The van der Waals surface area contributed by atoms with Crippen LogP contribution < -0.4 is 0 Å². The molecule has 5 saturated carbocycles. The number of allylic oxidation sites excluding steroid dienone is 2. The summed E-state index contributed by atoms with van der Waals surface area (Å²) in [4.78, 5) is 26.7. The van der Waals surface area contributed by atoms with Gasteiger partial charge in [0.05, 0.1) is 0 Å². The first kappa shape index (κ1) is 36.6. The van der Waals surface area contributed by atoms with Crippen molar-refractivity contribution in [3.8, 4) is 0 Å². The third kappa shape index (κ3) is 5.98. The number of ketones is 2. The van der Waals surface area contributed by atoms with Crippen LogP contribution in [0.5, 0.6) is 0 Å². The molecular weight excluding hydrogens is 621 g/mol. The van der Waals surface area contributed by atoms with E-state index in [0.29, 0.717) is 52.9 Å². The first-order valence-electron chi connectivity index (χ1n) is 20.5. The molecule has 2 aromatic rings. The number of fused-ring (bicyclic) bond motifs is 6. The Labute approximate surface area is 310 Å². The molecule has 5 aliphatic rings. The van der Waals surface area contributed by atoms with Crippen LogP contribution in [0.1, 0.15) is 166 Å². The van der Waals surface area contributed by atoms with E-state index in [4.69, 9.17) is 6.58 Å². The molecule has 0 bridgehead atoms. The van der Waals surface area contributed by atoms with Gasteiger partial charge in [-0.2, -0.15) is 0 Å². The van der Waals surface area contributed by atoms with Crippen molar-refractivity contribution in [3.05, 3.63) is 94.1 Å². The minimum absolute atomic E-state index is 0.0431. The van der Waals surface area contributed by atoms with Crippen molar-refractivity contribution in [3.63, 3.8) is 0 Å². The van der Waals surface area contributed by atoms with Crippen molar-refractivity contribution >= 4 is 11.6 Å². The molecule has 0 N–H and O–H groups in total. The Balaban J connectivity index is 1.48. The van der Waals surface area contributed by atoms with Gasteiger partial charge in [0.15, 0.2) is 0 Å². The molecule has 5 aliphatic carbocycles. The van der Waals surface area contributed by atoms with Crippen LogP contribution in [0, 0.1) is 47.3 Å². The van der Waals surface area contributed by atoms with Gasteiger partial charge in [-0.25, -0.2) is 0 Å². The van der Waals surface area contributed by atoms with Gasteiger partial charge in [0.25, 0.3) is 0 Å². The summed E-state index contributed by atoms with van der Waals surface area (Å²) < 4.78 is 0. The second kappa shape index (κ2) is 12.4. The lowest BCUT2D eigenvalue weighted by atomic mass is 9.49. The smallest absolute Gasteiger partial charge is 0.224 e. The fourth-order valence-electron chi connectivity index (χ4n) is 12.0. The van der Waals surface area contributed by atoms with Crippen LogP contribution in [-0.2, 0) is 25.8 Å². The van der Waals surface area contributed by atoms with Crippen molar-refractivity contribution in [2.24, 2.45) is 47.3 Å². The van der Waals surface area contributed by atoms with Crippen LogP contribution in [0.4, 0.5) is 0 Å². The highest BCUT2D eigenvalue weighted by atomic mass is 16.2. The summed E-state index contributed by atoms with van der Waals surface area (Å²) in [6.07, 6.45) is 6.93. The van der Waals surface area contributed by atoms with Crippen LogP contribution >= 0.6 is 0 Å². The lowest BCUT2D eigenvalue weighted by molar-refractivity contribution is -0.135. The molecule has 5 fully saturated rings. The monoisotopic (exact) mass is 687 g/mol. The third-order valence-corrected chi connectivity index (χ3v) is 14.7. The molecule has 2 aromatic carbocycles. The molecule has 10 atom stereocenters. The highest BCUT2D eigenvalue weighted by molar-refractivity contribution is 6.46. The first-order valence-corrected chi connectivity index (χ1v) is 20.5. The molecule has 0 aliphatic heterocycles. The molecular formula is C49H66O2. The van der Waals surface area contributed by atoms with Crippen molar-refractivity contribution in [2.45, 2.75) is 149 Å². The molecule has 0 amide bonds. The number of carbonyl (C=O) groups is 2. The van der Waals surface area contributed by atoms with Crippen LogP contribution in [0.2, 0.25) is 0 Å². The summed E-state index contributed by atoms with van der Waals surface area (Å²) in [5.74, 6) is 2.95. The predicted octanol–water partition coefficient (Wildman–Crippen LogP) is 12.2. The van der Waals surface area contributed by atoms with Crippen molar-refractivity contribution in [1.82, 2.24) is 0 Å². The summed E-state index contributed by atoms with van der Waals surface area (Å²) >= 11 is 0. The van der Waals surface area contributed by atoms with E-state index in [9.17, 15) is 9.59 Å². The molecule has 7 rings (SSSR count). The number of Topliss-reactive ketones (excluding diaryl/α,β-unsaturated/α-hetero) is 2. The van der Waals surface area contributed by atoms with E-state index in [1.807, 2.05) is 0 Å². The SMILES string of the molecule is C=C1C(=O)C(=O)C2CCC3C(C(=C)C4C(c5cc(C(C)C)cc(C(C)(C)C)c5)C5CCCCC5C(c5cc(C(C)(C)C)cc(C(C)(C)C)c5)C34)C12. The van der Waals surface area contributed by atoms with E-state index < -0.39 is 0 Å². The fourth-order valence-corrected chi connectivity index (χ4v) is 12.0. The standard InChI is InChI=1S/C49H66O2/c1-26(2)29-20-30(22-32(21-29)47(5,6)7)42-35-16-14-15-17-36(35)43(31-23-33(48(8,9)10)25-34(24-31)49(11,12)13)44-37-18-19-38-40(28(4)45(50)46(38)51)39(37)27(3)41(42)44/h20-26,35-44H,3-4,14-19H2,1-2,5-13H3. The number of hydrogen-bond donors (Lipinski definition) is 0. The number of carbonyl (C=O) groups excluding carboxylic acids is 2. The molecule has 0 aromatic heterocycles. The van der Waals surface area contributed by atoms with E-state index >= 15 is 0 Å². The van der Waals surface area contributed by atoms with Crippen molar-refractivity contribution < 1.29 is 9.59 Å². The summed E-state index contributed by atoms with van der Waals surface area (Å²) in [5.41, 5.74) is 10.9. The Morgan fingerprint density at radius 1 is 0.569 bits per heavy atom. The highest BCUT2D eigenvalue weighted by Gasteiger charge is 2.65. The Bertz CT molecular complexity index is 1730. The van der Waals surface area contributed by atoms with E-state index in [1.54, 1.807) is 0 Å². The maximum absolute atomic E-state index is 13.4. The summed E-state index contributed by atoms with van der Waals surface area (Å²) in [7, 11) is 0. The summed E-state index contributed by atoms with van der Waals surface area (Å²) in [5, 5.41) is 0. The first-order chi connectivity index (χ1) is 23.7. The molecule has 51 heavy (non-hydrogen) atoms. The van der Waals surface area contributed by atoms with Crippen molar-refractivity contribution in [2.75, 3.05) is 0 Å². The average molecular weight is 687 g/mol. The van der Waals surface area contributed by atoms with Crippen molar-refractivity contribution in [1.29, 1.82) is 0 Å². The molecule has 2 nitrogen and oxygen atoms in total. The van der Waals surface area contributed by atoms with Gasteiger partial charge in [0, 0.05) is 17.4 Å². The topological polar surface area (TPSA) is 34.1 Å². The molecule has 0 spiro atoms. The van der Waals surface area contributed by atoms with Gasteiger partial charge >= 0.3 is 0 Å². The fraction of sp³-hybridized carbons (Fsp3) is 0.633. The highest BCUT2D eigenvalue weighted by Crippen LogP contribution is 2.71. The summed E-state index contributed by atoms with van der Waals surface area (Å²) in [6.45, 7) is 35.4. The number of benzene rings is 2. The zero-order valence-electron chi connectivity index (χ0n) is 33.8. The Kier molecular flexibility index (Phi) is 8.91. The zero-order valence-corrected chi connectivity index (χ0v) is 33.8. The van der Waals surface area contributed by atoms with E-state index in [0.717, 1.165) is 12.8 Å². The molecule has 10 unspecified atom stereocenters. The van der Waals surface area contributed by atoms with Gasteiger partial charge < -0.3 is 0 Å². The van der Waals surface area contributed by atoms with E-state index in [2.05, 4.69) is 119 Å². The Hall–Kier alpha value is -2.74. The van der Waals surface area contributed by atoms with Gasteiger partial charge in [-0.15, -0.1) is 0 Å². The number of rotatable bonds is 3. The van der Waals surface area contributed by atoms with Gasteiger partial charge in [-0.3, -0.25) is 9.59 Å². The minimum atomic E-state index is -0.303. The largest absolute Gasteiger partial charge is 0.290 e. The lowest BCUT2D eigenvalue weighted by Crippen LogP contribution is -2.46. The maximum Gasteiger partial charge on any atom is 0.224 e. The van der Waals surface area contributed by atoms with Crippen LogP contribution in [-0.4, -0.2) is 11.6 Å². The predicted molar refractivity (Wildman–Crippen MR) is 212 cm³/mol. The van der Waals surface area contributed by atoms with E-state index in [1.165, 1.54) is 64.6 Å². The molecule has 0 radical (unpaired) electrons. The Morgan fingerprint density at radius 2 is 1.08 bits per heavy atom. The second-order valence-corrected chi connectivity index (χ2v) is 21.1. The van der Waals surface area contributed by atoms with Gasteiger partial charge in [-0.1, -0.05) is 144 Å². The van der Waals surface area contributed by atoms with Gasteiger partial charge in [0.2, 0.25) is 11.6 Å². The maximum atomic E-state index is 13.4. The van der Waals surface area contributed by atoms with Crippen LogP contribution in [0.25, 0.3) is 0 Å². The zero-order chi connectivity index (χ0) is 37.1. The average Bonchev–Trinajstić information content (AvgIpc) is 3.46. The van der Waals surface area contributed by atoms with Gasteiger partial charge in [-0.05, 0) is 129 Å². The number of hydrogen-bond acceptors (Lipinski definition) is 2. The Morgan fingerprint density at radius 3 is 1.61 bits per heavy atom. The molecule has 0 heterocycles. The second-order valence-electron chi connectivity index (χ2n) is 21.1. The summed E-state index contributed by atoms with van der Waals surface area (Å²) in [6, 6.07) is 15.3. The van der Waals surface area contributed by atoms with Gasteiger partial charge in [0.1, 0.15) is 0 Å². The quantitative estimate of drug-likeness (QED) is 0.183. The third-order valence-electron chi connectivity index (χ3n) is 14.7. The molecule has 2 heteroatoms. The van der Waals surface area contributed by atoms with Crippen LogP contribution in [0.3, 0.4) is 0 Å².